The van der Waals surface area contributed by atoms with E-state index < -0.39 is 0 Å². The Morgan fingerprint density at radius 3 is 2.78 bits per heavy atom. The van der Waals surface area contributed by atoms with Crippen LogP contribution in [0.25, 0.3) is 0 Å². The molecule has 1 N–H and O–H groups in total. The SMILES string of the molecule is CN(C)CC1CCN(C(=O)c2ccn(C3CCCNC3)n2)CC1. The topological polar surface area (TPSA) is 53.4 Å². The number of carbonyl (C=O) groups excluding carboxylic acids is 1. The molecular formula is C17H29N5O. The Hall–Kier alpha value is -1.40. The number of likely N-dealkylation sites (tertiary alicyclic amines) is 1. The molecule has 1 atom stereocenters. The van der Waals surface area contributed by atoms with Crippen molar-refractivity contribution >= 4 is 5.91 Å². The van der Waals surface area contributed by atoms with Crippen molar-refractivity contribution in [3.05, 3.63) is 18.0 Å². The second-order valence-electron chi connectivity index (χ2n) is 7.18. The molecule has 2 fully saturated rings. The van der Waals surface area contributed by atoms with E-state index in [1.54, 1.807) is 0 Å². The summed E-state index contributed by atoms with van der Waals surface area (Å²) in [6, 6.07) is 2.26. The molecule has 1 unspecified atom stereocenters. The highest BCUT2D eigenvalue weighted by molar-refractivity contribution is 5.92. The summed E-state index contributed by atoms with van der Waals surface area (Å²) in [5.74, 6) is 0.802. The molecule has 2 aliphatic rings. The Labute approximate surface area is 138 Å². The number of hydrogen-bond donors (Lipinski definition) is 1. The smallest absolute Gasteiger partial charge is 0.274 e. The van der Waals surface area contributed by atoms with Crippen molar-refractivity contribution in [2.24, 2.45) is 5.92 Å². The number of rotatable bonds is 4. The van der Waals surface area contributed by atoms with Crippen molar-refractivity contribution in [3.63, 3.8) is 0 Å². The standard InChI is InChI=1S/C17H29N5O/c1-20(2)13-14-5-9-21(10-6-14)17(23)16-7-11-22(19-16)15-4-3-8-18-12-15/h7,11,14-15,18H,3-6,8-10,12-13H2,1-2H3. The Morgan fingerprint density at radius 2 is 2.13 bits per heavy atom. The summed E-state index contributed by atoms with van der Waals surface area (Å²) >= 11 is 0. The summed E-state index contributed by atoms with van der Waals surface area (Å²) in [6.07, 6.45) is 6.46. The molecular weight excluding hydrogens is 290 g/mol. The van der Waals surface area contributed by atoms with Crippen LogP contribution < -0.4 is 5.32 Å². The highest BCUT2D eigenvalue weighted by Gasteiger charge is 2.26. The van der Waals surface area contributed by atoms with Gasteiger partial charge in [0.15, 0.2) is 0 Å². The van der Waals surface area contributed by atoms with E-state index in [2.05, 4.69) is 29.4 Å². The van der Waals surface area contributed by atoms with Gasteiger partial charge in [-0.3, -0.25) is 9.48 Å². The van der Waals surface area contributed by atoms with E-state index in [1.807, 2.05) is 21.8 Å². The van der Waals surface area contributed by atoms with Crippen molar-refractivity contribution in [3.8, 4) is 0 Å². The maximum absolute atomic E-state index is 12.6. The molecule has 0 bridgehead atoms. The Kier molecular flexibility index (Phi) is 5.33. The van der Waals surface area contributed by atoms with Crippen LogP contribution in [-0.4, -0.2) is 72.3 Å². The molecule has 0 spiro atoms. The van der Waals surface area contributed by atoms with Gasteiger partial charge in [-0.2, -0.15) is 5.10 Å². The summed E-state index contributed by atoms with van der Waals surface area (Å²) in [6.45, 7) is 4.87. The zero-order chi connectivity index (χ0) is 16.2. The average Bonchev–Trinajstić information content (AvgIpc) is 3.05. The molecule has 3 rings (SSSR count). The van der Waals surface area contributed by atoms with E-state index in [9.17, 15) is 4.79 Å². The van der Waals surface area contributed by atoms with Gasteiger partial charge in [-0.25, -0.2) is 0 Å². The number of amides is 1. The average molecular weight is 319 g/mol. The number of carbonyl (C=O) groups is 1. The monoisotopic (exact) mass is 319 g/mol. The first-order chi connectivity index (χ1) is 11.1. The molecule has 128 valence electrons. The van der Waals surface area contributed by atoms with Crippen molar-refractivity contribution in [2.45, 2.75) is 31.7 Å². The summed E-state index contributed by atoms with van der Waals surface area (Å²) < 4.78 is 1.97. The second-order valence-corrected chi connectivity index (χ2v) is 7.18. The number of nitrogens with one attached hydrogen (secondary N) is 1. The van der Waals surface area contributed by atoms with Crippen molar-refractivity contribution in [1.82, 2.24) is 24.9 Å². The fourth-order valence-corrected chi connectivity index (χ4v) is 3.71. The van der Waals surface area contributed by atoms with E-state index in [0.717, 1.165) is 52.0 Å². The summed E-state index contributed by atoms with van der Waals surface area (Å²) in [4.78, 5) is 16.9. The van der Waals surface area contributed by atoms with Gasteiger partial charge < -0.3 is 15.1 Å². The highest BCUT2D eigenvalue weighted by atomic mass is 16.2. The van der Waals surface area contributed by atoms with Crippen LogP contribution in [0.5, 0.6) is 0 Å². The van der Waals surface area contributed by atoms with Crippen LogP contribution in [0.15, 0.2) is 12.3 Å². The lowest BCUT2D eigenvalue weighted by molar-refractivity contribution is 0.0670. The molecule has 6 nitrogen and oxygen atoms in total. The lowest BCUT2D eigenvalue weighted by Gasteiger charge is -2.32. The van der Waals surface area contributed by atoms with E-state index in [4.69, 9.17) is 0 Å². The minimum atomic E-state index is 0.0934. The van der Waals surface area contributed by atoms with Crippen molar-refractivity contribution in [1.29, 1.82) is 0 Å². The minimum Gasteiger partial charge on any atom is -0.337 e. The number of nitrogens with zero attached hydrogens (tertiary/aromatic N) is 4. The van der Waals surface area contributed by atoms with E-state index in [0.29, 0.717) is 17.7 Å². The summed E-state index contributed by atoms with van der Waals surface area (Å²) in [7, 11) is 4.23. The molecule has 2 aliphatic heterocycles. The summed E-state index contributed by atoms with van der Waals surface area (Å²) in [5.41, 5.74) is 0.599. The molecule has 1 aromatic rings. The van der Waals surface area contributed by atoms with Crippen LogP contribution in [0.2, 0.25) is 0 Å². The zero-order valence-corrected chi connectivity index (χ0v) is 14.4. The third-order valence-electron chi connectivity index (χ3n) is 5.00. The first kappa shape index (κ1) is 16.5. The van der Waals surface area contributed by atoms with Gasteiger partial charge in [0.1, 0.15) is 5.69 Å². The lowest BCUT2D eigenvalue weighted by atomic mass is 9.96. The van der Waals surface area contributed by atoms with E-state index >= 15 is 0 Å². The van der Waals surface area contributed by atoms with Gasteiger partial charge >= 0.3 is 0 Å². The van der Waals surface area contributed by atoms with Crippen LogP contribution in [0.4, 0.5) is 0 Å². The van der Waals surface area contributed by atoms with Gasteiger partial charge in [-0.05, 0) is 58.3 Å². The molecule has 0 saturated carbocycles. The number of hydrogen-bond acceptors (Lipinski definition) is 4. The van der Waals surface area contributed by atoms with Crippen molar-refractivity contribution in [2.75, 3.05) is 46.8 Å². The van der Waals surface area contributed by atoms with Crippen LogP contribution in [0.3, 0.4) is 0 Å². The largest absolute Gasteiger partial charge is 0.337 e. The summed E-state index contributed by atoms with van der Waals surface area (Å²) in [5, 5.41) is 7.95. The third kappa shape index (κ3) is 4.12. The molecule has 1 amide bonds. The molecule has 0 aliphatic carbocycles. The van der Waals surface area contributed by atoms with E-state index in [1.165, 1.54) is 6.42 Å². The zero-order valence-electron chi connectivity index (χ0n) is 14.4. The predicted octanol–water partition coefficient (Wildman–Crippen LogP) is 1.22. The fraction of sp³-hybridized carbons (Fsp3) is 0.765. The number of piperidine rings is 2. The Balaban J connectivity index is 1.55. The van der Waals surface area contributed by atoms with Gasteiger partial charge in [0.25, 0.3) is 5.91 Å². The molecule has 3 heterocycles. The van der Waals surface area contributed by atoms with Gasteiger partial charge in [0.05, 0.1) is 6.04 Å². The first-order valence-electron chi connectivity index (χ1n) is 8.83. The van der Waals surface area contributed by atoms with Gasteiger partial charge in [-0.1, -0.05) is 0 Å². The third-order valence-corrected chi connectivity index (χ3v) is 5.00. The molecule has 23 heavy (non-hydrogen) atoms. The van der Waals surface area contributed by atoms with Crippen LogP contribution in [0, 0.1) is 5.92 Å². The molecule has 0 aromatic carbocycles. The van der Waals surface area contributed by atoms with Gasteiger partial charge in [0, 0.05) is 32.4 Å². The van der Waals surface area contributed by atoms with E-state index in [-0.39, 0.29) is 5.91 Å². The Bertz CT molecular complexity index is 513. The van der Waals surface area contributed by atoms with Crippen molar-refractivity contribution < 1.29 is 4.79 Å². The quantitative estimate of drug-likeness (QED) is 0.907. The number of aromatic nitrogens is 2. The van der Waals surface area contributed by atoms with Crippen LogP contribution in [0.1, 0.15) is 42.2 Å². The van der Waals surface area contributed by atoms with Gasteiger partial charge in [0.2, 0.25) is 0 Å². The molecule has 1 aromatic heterocycles. The Morgan fingerprint density at radius 1 is 1.35 bits per heavy atom. The highest BCUT2D eigenvalue weighted by Crippen LogP contribution is 2.20. The lowest BCUT2D eigenvalue weighted by Crippen LogP contribution is -2.41. The van der Waals surface area contributed by atoms with Gasteiger partial charge in [-0.15, -0.1) is 0 Å². The first-order valence-corrected chi connectivity index (χ1v) is 8.83. The minimum absolute atomic E-state index is 0.0934. The second kappa shape index (κ2) is 7.45. The predicted molar refractivity (Wildman–Crippen MR) is 90.5 cm³/mol. The maximum Gasteiger partial charge on any atom is 0.274 e. The normalized spacial score (nSPS) is 23.4. The molecule has 2 saturated heterocycles. The van der Waals surface area contributed by atoms with Crippen LogP contribution in [-0.2, 0) is 0 Å². The fourth-order valence-electron chi connectivity index (χ4n) is 3.71. The molecule has 6 heteroatoms. The van der Waals surface area contributed by atoms with Crippen LogP contribution >= 0.6 is 0 Å². The maximum atomic E-state index is 12.6. The molecule has 0 radical (unpaired) electrons.